The number of rotatable bonds is 3. The van der Waals surface area contributed by atoms with Crippen molar-refractivity contribution in [2.24, 2.45) is 0 Å². The summed E-state index contributed by atoms with van der Waals surface area (Å²) < 4.78 is 4.55. The summed E-state index contributed by atoms with van der Waals surface area (Å²) in [5.74, 6) is 0. The van der Waals surface area contributed by atoms with Gasteiger partial charge in [0, 0.05) is 43.2 Å². The van der Waals surface area contributed by atoms with Crippen LogP contribution in [-0.2, 0) is 6.54 Å². The number of benzene rings is 1. The SMILES string of the molecule is CN1CCC(n2ccc3cc(Cn4ccnc4)ccc32)C1. The summed E-state index contributed by atoms with van der Waals surface area (Å²) in [6.45, 7) is 3.23. The molecule has 1 atom stereocenters. The van der Waals surface area contributed by atoms with Gasteiger partial charge in [-0.15, -0.1) is 0 Å². The van der Waals surface area contributed by atoms with Crippen LogP contribution in [-0.4, -0.2) is 39.2 Å². The summed E-state index contributed by atoms with van der Waals surface area (Å²) in [6.07, 6.45) is 9.19. The monoisotopic (exact) mass is 280 g/mol. The van der Waals surface area contributed by atoms with Crippen molar-refractivity contribution in [2.45, 2.75) is 19.0 Å². The van der Waals surface area contributed by atoms with Gasteiger partial charge in [-0.3, -0.25) is 0 Å². The lowest BCUT2D eigenvalue weighted by atomic mass is 10.1. The van der Waals surface area contributed by atoms with E-state index in [-0.39, 0.29) is 0 Å². The summed E-state index contributed by atoms with van der Waals surface area (Å²) in [5.41, 5.74) is 2.67. The third-order valence-electron chi connectivity index (χ3n) is 4.47. The Morgan fingerprint density at radius 1 is 1.24 bits per heavy atom. The van der Waals surface area contributed by atoms with Crippen LogP contribution in [0.5, 0.6) is 0 Å². The number of likely N-dealkylation sites (tertiary alicyclic amines) is 1. The molecule has 4 nitrogen and oxygen atoms in total. The van der Waals surface area contributed by atoms with E-state index in [0.29, 0.717) is 6.04 Å². The van der Waals surface area contributed by atoms with Gasteiger partial charge in [-0.1, -0.05) is 6.07 Å². The Morgan fingerprint density at radius 3 is 2.95 bits per heavy atom. The Kier molecular flexibility index (Phi) is 3.04. The Bertz CT molecular complexity index is 741. The van der Waals surface area contributed by atoms with E-state index in [1.54, 1.807) is 0 Å². The van der Waals surface area contributed by atoms with E-state index in [0.717, 1.165) is 13.1 Å². The number of nitrogens with zero attached hydrogens (tertiary/aromatic N) is 4. The van der Waals surface area contributed by atoms with E-state index in [2.05, 4.69) is 56.5 Å². The quantitative estimate of drug-likeness (QED) is 0.737. The van der Waals surface area contributed by atoms with Gasteiger partial charge in [0.15, 0.2) is 0 Å². The third kappa shape index (κ3) is 2.36. The van der Waals surface area contributed by atoms with Gasteiger partial charge in [0.1, 0.15) is 0 Å². The molecule has 0 spiro atoms. The first-order chi connectivity index (χ1) is 10.3. The molecule has 1 fully saturated rings. The lowest BCUT2D eigenvalue weighted by molar-refractivity contribution is 0.395. The van der Waals surface area contributed by atoms with E-state index < -0.39 is 0 Å². The predicted octanol–water partition coefficient (Wildman–Crippen LogP) is 2.76. The van der Waals surface area contributed by atoms with Crippen LogP contribution in [0, 0.1) is 0 Å². The van der Waals surface area contributed by atoms with Crippen LogP contribution in [0.15, 0.2) is 49.2 Å². The first-order valence-electron chi connectivity index (χ1n) is 7.53. The van der Waals surface area contributed by atoms with Crippen molar-refractivity contribution < 1.29 is 0 Å². The summed E-state index contributed by atoms with van der Waals surface area (Å²) in [4.78, 5) is 6.51. The third-order valence-corrected chi connectivity index (χ3v) is 4.47. The molecule has 3 heterocycles. The van der Waals surface area contributed by atoms with E-state index in [1.807, 2.05) is 18.7 Å². The molecular weight excluding hydrogens is 260 g/mol. The van der Waals surface area contributed by atoms with Crippen molar-refractivity contribution in [1.82, 2.24) is 19.0 Å². The number of imidazole rings is 1. The Labute approximate surface area is 124 Å². The van der Waals surface area contributed by atoms with Crippen LogP contribution in [0.1, 0.15) is 18.0 Å². The second-order valence-corrected chi connectivity index (χ2v) is 6.06. The number of hydrogen-bond acceptors (Lipinski definition) is 2. The van der Waals surface area contributed by atoms with Crippen molar-refractivity contribution in [3.63, 3.8) is 0 Å². The first kappa shape index (κ1) is 12.7. The summed E-state index contributed by atoms with van der Waals surface area (Å²) in [6, 6.07) is 9.65. The lowest BCUT2D eigenvalue weighted by Crippen LogP contribution is -2.15. The van der Waals surface area contributed by atoms with Gasteiger partial charge in [0.2, 0.25) is 0 Å². The molecule has 2 aromatic heterocycles. The van der Waals surface area contributed by atoms with Crippen LogP contribution in [0.2, 0.25) is 0 Å². The molecular formula is C17H20N4. The summed E-state index contributed by atoms with van der Waals surface area (Å²) in [7, 11) is 2.20. The highest BCUT2D eigenvalue weighted by Crippen LogP contribution is 2.27. The highest BCUT2D eigenvalue weighted by molar-refractivity contribution is 5.81. The number of aromatic nitrogens is 3. The standard InChI is InChI=1S/C17H20N4/c1-19-7-5-16(12-19)21-8-4-15-10-14(2-3-17(15)21)11-20-9-6-18-13-20/h2-4,6,8-10,13,16H,5,7,11-12H2,1H3. The molecule has 1 aliphatic heterocycles. The predicted molar refractivity (Wildman–Crippen MR) is 84.4 cm³/mol. The van der Waals surface area contributed by atoms with Gasteiger partial charge in [0.05, 0.1) is 6.33 Å². The number of hydrogen-bond donors (Lipinski definition) is 0. The van der Waals surface area contributed by atoms with Crippen molar-refractivity contribution in [3.05, 3.63) is 54.7 Å². The molecule has 4 rings (SSSR count). The molecule has 1 aliphatic rings. The van der Waals surface area contributed by atoms with Crippen molar-refractivity contribution >= 4 is 10.9 Å². The fourth-order valence-corrected chi connectivity index (χ4v) is 3.36. The zero-order valence-corrected chi connectivity index (χ0v) is 12.3. The fourth-order valence-electron chi connectivity index (χ4n) is 3.36. The Morgan fingerprint density at radius 2 is 2.19 bits per heavy atom. The first-order valence-corrected chi connectivity index (χ1v) is 7.53. The summed E-state index contributed by atoms with van der Waals surface area (Å²) >= 11 is 0. The number of likely N-dealkylation sites (N-methyl/N-ethyl adjacent to an activating group) is 1. The average Bonchev–Trinajstić information content (AvgIpc) is 3.19. The second kappa shape index (κ2) is 5.04. The maximum Gasteiger partial charge on any atom is 0.0949 e. The van der Waals surface area contributed by atoms with Crippen molar-refractivity contribution in [2.75, 3.05) is 20.1 Å². The Balaban J connectivity index is 1.64. The van der Waals surface area contributed by atoms with Crippen LogP contribution in [0.4, 0.5) is 0 Å². The largest absolute Gasteiger partial charge is 0.343 e. The van der Waals surface area contributed by atoms with Gasteiger partial charge in [-0.2, -0.15) is 0 Å². The molecule has 4 heteroatoms. The summed E-state index contributed by atoms with van der Waals surface area (Å²) in [5, 5.41) is 1.34. The normalized spacial score (nSPS) is 19.6. The van der Waals surface area contributed by atoms with Crippen LogP contribution >= 0.6 is 0 Å². The Hall–Kier alpha value is -2.07. The average molecular weight is 280 g/mol. The van der Waals surface area contributed by atoms with Gasteiger partial charge >= 0.3 is 0 Å². The van der Waals surface area contributed by atoms with Crippen LogP contribution in [0.3, 0.4) is 0 Å². The zero-order valence-electron chi connectivity index (χ0n) is 12.3. The van der Waals surface area contributed by atoms with E-state index in [9.17, 15) is 0 Å². The van der Waals surface area contributed by atoms with Gasteiger partial charge in [0.25, 0.3) is 0 Å². The highest BCUT2D eigenvalue weighted by Gasteiger charge is 2.21. The topological polar surface area (TPSA) is 26.0 Å². The fraction of sp³-hybridized carbons (Fsp3) is 0.353. The minimum absolute atomic E-state index is 0.618. The molecule has 3 aromatic rings. The molecule has 108 valence electrons. The molecule has 0 saturated carbocycles. The molecule has 0 aliphatic carbocycles. The maximum absolute atomic E-state index is 4.10. The smallest absolute Gasteiger partial charge is 0.0949 e. The lowest BCUT2D eigenvalue weighted by Gasteiger charge is -2.14. The minimum Gasteiger partial charge on any atom is -0.343 e. The maximum atomic E-state index is 4.10. The van der Waals surface area contributed by atoms with E-state index in [1.165, 1.54) is 29.4 Å². The van der Waals surface area contributed by atoms with Crippen molar-refractivity contribution in [3.8, 4) is 0 Å². The zero-order chi connectivity index (χ0) is 14.2. The van der Waals surface area contributed by atoms with Crippen LogP contribution in [0.25, 0.3) is 10.9 Å². The second-order valence-electron chi connectivity index (χ2n) is 6.06. The van der Waals surface area contributed by atoms with Crippen molar-refractivity contribution in [1.29, 1.82) is 0 Å². The van der Waals surface area contributed by atoms with Gasteiger partial charge < -0.3 is 14.0 Å². The molecule has 1 aromatic carbocycles. The molecule has 1 unspecified atom stereocenters. The molecule has 1 saturated heterocycles. The molecule has 0 bridgehead atoms. The molecule has 0 amide bonds. The minimum atomic E-state index is 0.618. The van der Waals surface area contributed by atoms with Gasteiger partial charge in [-0.25, -0.2) is 4.98 Å². The van der Waals surface area contributed by atoms with E-state index in [4.69, 9.17) is 0 Å². The number of fused-ring (bicyclic) bond motifs is 1. The molecule has 0 radical (unpaired) electrons. The highest BCUT2D eigenvalue weighted by atomic mass is 15.2. The van der Waals surface area contributed by atoms with Gasteiger partial charge in [-0.05, 0) is 49.2 Å². The van der Waals surface area contributed by atoms with E-state index >= 15 is 0 Å². The molecule has 0 N–H and O–H groups in total. The van der Waals surface area contributed by atoms with Crippen LogP contribution < -0.4 is 0 Å². The molecule has 21 heavy (non-hydrogen) atoms.